The van der Waals surface area contributed by atoms with E-state index in [-0.39, 0.29) is 21.1 Å². The third-order valence-corrected chi connectivity index (χ3v) is 12.7. The van der Waals surface area contributed by atoms with E-state index in [4.69, 9.17) is 14.7 Å². The van der Waals surface area contributed by atoms with Crippen molar-refractivity contribution in [3.05, 3.63) is 158 Å². The molecule has 12 rings (SSSR count). The normalized spacial score (nSPS) is 11.9. The Morgan fingerprint density at radius 1 is 0.444 bits per heavy atom. The van der Waals surface area contributed by atoms with Gasteiger partial charge in [-0.25, -0.2) is 9.97 Å². The first-order valence-electron chi connectivity index (χ1n) is 17.4. The zero-order valence-corrected chi connectivity index (χ0v) is 32.1. The Morgan fingerprint density at radius 2 is 0.889 bits per heavy atom. The Bertz CT molecular complexity index is 3210. The Hall–Kier alpha value is -5.85. The van der Waals surface area contributed by atoms with E-state index in [2.05, 4.69) is 106 Å². The molecule has 0 spiro atoms. The van der Waals surface area contributed by atoms with E-state index in [1.165, 1.54) is 51.1 Å². The van der Waals surface area contributed by atoms with E-state index in [9.17, 15) is 0 Å². The van der Waals surface area contributed by atoms with Crippen molar-refractivity contribution in [2.75, 3.05) is 0 Å². The number of fused-ring (bicyclic) bond motifs is 14. The quantitative estimate of drug-likeness (QED) is 0.165. The Morgan fingerprint density at radius 3 is 1.35 bits per heavy atom. The van der Waals surface area contributed by atoms with Gasteiger partial charge in [0.25, 0.3) is 0 Å². The first-order valence-corrected chi connectivity index (χ1v) is 19.0. The molecule has 0 radical (unpaired) electrons. The van der Waals surface area contributed by atoms with Crippen LogP contribution in [0.1, 0.15) is 0 Å². The maximum atomic E-state index is 6.67. The summed E-state index contributed by atoms with van der Waals surface area (Å²) in [6.07, 6.45) is 3.67. The Kier molecular flexibility index (Phi) is 7.08. The molecule has 0 fully saturated rings. The molecule has 6 heterocycles. The van der Waals surface area contributed by atoms with Gasteiger partial charge < -0.3 is 13.9 Å². The van der Waals surface area contributed by atoms with Crippen LogP contribution in [-0.2, 0) is 21.1 Å². The first kappa shape index (κ1) is 31.7. The third-order valence-electron chi connectivity index (χ3n) is 10.3. The third kappa shape index (κ3) is 4.53. The van der Waals surface area contributed by atoms with Crippen molar-refractivity contribution >= 4 is 107 Å². The largest absolute Gasteiger partial charge is 2.00 e. The second kappa shape index (κ2) is 12.1. The molecule has 0 N–H and O–H groups in total. The van der Waals surface area contributed by atoms with E-state index in [0.29, 0.717) is 11.5 Å². The van der Waals surface area contributed by atoms with Gasteiger partial charge in [0.1, 0.15) is 11.6 Å². The van der Waals surface area contributed by atoms with Crippen LogP contribution < -0.4 is 4.74 Å². The van der Waals surface area contributed by atoms with E-state index < -0.39 is 0 Å². The fraction of sp³-hybridized carbons (Fsp3) is 0. The fourth-order valence-corrected chi connectivity index (χ4v) is 10.6. The molecular weight excluding hydrogens is 884 g/mol. The van der Waals surface area contributed by atoms with Crippen LogP contribution in [-0.4, -0.2) is 19.1 Å². The minimum absolute atomic E-state index is 0. The van der Waals surface area contributed by atoms with Crippen LogP contribution in [0.3, 0.4) is 0 Å². The molecule has 0 atom stereocenters. The smallest absolute Gasteiger partial charge is 0.509 e. The van der Waals surface area contributed by atoms with Crippen LogP contribution in [0.15, 0.2) is 146 Å². The number of hydrogen-bond acceptors (Lipinski definition) is 5. The number of ether oxygens (including phenoxy) is 1. The summed E-state index contributed by atoms with van der Waals surface area (Å²) in [6.45, 7) is 0. The fourth-order valence-electron chi connectivity index (χ4n) is 8.06. The average molecular weight is 908 g/mol. The molecule has 0 amide bonds. The number of rotatable bonds is 4. The molecule has 6 aromatic carbocycles. The summed E-state index contributed by atoms with van der Waals surface area (Å²) in [5.41, 5.74) is 4.01. The Labute approximate surface area is 330 Å². The molecule has 256 valence electrons. The van der Waals surface area contributed by atoms with Gasteiger partial charge in [0, 0.05) is 75.3 Å². The molecule has 54 heavy (non-hydrogen) atoms. The monoisotopic (exact) mass is 907 g/mol. The standard InChI is InChI=1S/C46H24N4OS2.Pt/c1-3-11-39-29(9-1)31-19-21-35-43(45(31)52-39)33-17-15-27(25-37(33)49(35)41-13-5-7-23-47-41)51-28-16-18-34-38(26-28)50(42-14-6-8-24-48-42)36-22-20-32-30-10-2-4-12-40(30)53-46(32)44(34)36;/h1-24H;/q-2;+2. The molecule has 12 aromatic rings. The number of benzene rings is 6. The van der Waals surface area contributed by atoms with Crippen LogP contribution in [0.4, 0.5) is 0 Å². The molecule has 5 nitrogen and oxygen atoms in total. The molecule has 0 saturated heterocycles. The van der Waals surface area contributed by atoms with Crippen molar-refractivity contribution in [3.8, 4) is 23.1 Å². The van der Waals surface area contributed by atoms with Crippen molar-refractivity contribution in [2.24, 2.45) is 0 Å². The Balaban J connectivity index is 0.00000341. The zero-order valence-electron chi connectivity index (χ0n) is 28.2. The topological polar surface area (TPSA) is 44.9 Å². The van der Waals surface area contributed by atoms with Crippen molar-refractivity contribution in [1.29, 1.82) is 0 Å². The van der Waals surface area contributed by atoms with Crippen LogP contribution in [0.2, 0.25) is 0 Å². The maximum absolute atomic E-state index is 6.67. The van der Waals surface area contributed by atoms with E-state index in [1.807, 2.05) is 83.6 Å². The molecule has 8 heteroatoms. The van der Waals surface area contributed by atoms with Gasteiger partial charge >= 0.3 is 21.1 Å². The predicted octanol–water partition coefficient (Wildman–Crippen LogP) is 12.8. The van der Waals surface area contributed by atoms with E-state index in [1.54, 1.807) is 0 Å². The van der Waals surface area contributed by atoms with Gasteiger partial charge in [-0.15, -0.1) is 57.7 Å². The van der Waals surface area contributed by atoms with Gasteiger partial charge in [-0.2, -0.15) is 12.1 Å². The SMILES string of the molecule is [Pt+2].[c-]1c(Oc2[c-]c3c(cc2)c2c4sc5ccccc5c4ccc2n3-c2ccccn2)ccc2c3c4sc5ccccc5c4ccc3n(-c3ccccn3)c12. The number of aromatic nitrogens is 4. The van der Waals surface area contributed by atoms with Gasteiger partial charge in [0.15, 0.2) is 0 Å². The second-order valence-corrected chi connectivity index (χ2v) is 15.3. The van der Waals surface area contributed by atoms with Crippen molar-refractivity contribution in [2.45, 2.75) is 0 Å². The minimum atomic E-state index is 0. The van der Waals surface area contributed by atoms with Gasteiger partial charge in [-0.3, -0.25) is 0 Å². The molecule has 0 saturated carbocycles. The first-order chi connectivity index (χ1) is 26.3. The van der Waals surface area contributed by atoms with Crippen molar-refractivity contribution in [3.63, 3.8) is 0 Å². The molecule has 6 aromatic heterocycles. The van der Waals surface area contributed by atoms with Gasteiger partial charge in [-0.05, 0) is 59.3 Å². The van der Waals surface area contributed by atoms with Crippen LogP contribution in [0.5, 0.6) is 11.5 Å². The summed E-state index contributed by atoms with van der Waals surface area (Å²) in [5, 5.41) is 9.70. The van der Waals surface area contributed by atoms with Crippen molar-refractivity contribution in [1.82, 2.24) is 19.1 Å². The summed E-state index contributed by atoms with van der Waals surface area (Å²) in [5.74, 6) is 2.88. The van der Waals surface area contributed by atoms with Crippen LogP contribution in [0, 0.1) is 12.1 Å². The molecule has 0 aliphatic rings. The van der Waals surface area contributed by atoms with Crippen LogP contribution >= 0.6 is 22.7 Å². The van der Waals surface area contributed by atoms with Crippen molar-refractivity contribution < 1.29 is 25.8 Å². The van der Waals surface area contributed by atoms with E-state index >= 15 is 0 Å². The summed E-state index contributed by atoms with van der Waals surface area (Å²) in [6, 6.07) is 53.9. The number of pyridine rings is 2. The van der Waals surface area contributed by atoms with Gasteiger partial charge in [0.2, 0.25) is 0 Å². The number of nitrogens with zero attached hydrogens (tertiary/aromatic N) is 4. The molecule has 0 aliphatic heterocycles. The van der Waals surface area contributed by atoms with Crippen LogP contribution in [0.25, 0.3) is 95.6 Å². The summed E-state index contributed by atoms with van der Waals surface area (Å²) >= 11 is 3.67. The van der Waals surface area contributed by atoms with Gasteiger partial charge in [-0.1, -0.05) is 71.7 Å². The zero-order chi connectivity index (χ0) is 34.6. The summed E-state index contributed by atoms with van der Waals surface area (Å²) in [7, 11) is 0. The summed E-state index contributed by atoms with van der Waals surface area (Å²) < 4.78 is 16.1. The minimum Gasteiger partial charge on any atom is -0.509 e. The molecule has 0 unspecified atom stereocenters. The molecule has 0 aliphatic carbocycles. The second-order valence-electron chi connectivity index (χ2n) is 13.2. The summed E-state index contributed by atoms with van der Waals surface area (Å²) in [4.78, 5) is 9.56. The molecular formula is C46H24N4OPtS2. The maximum Gasteiger partial charge on any atom is 2.00 e. The predicted molar refractivity (Wildman–Crippen MR) is 221 cm³/mol. The number of hydrogen-bond donors (Lipinski definition) is 0. The van der Waals surface area contributed by atoms with E-state index in [0.717, 1.165) is 44.5 Å². The van der Waals surface area contributed by atoms with Gasteiger partial charge in [0.05, 0.1) is 0 Å². The average Bonchev–Trinajstić information content (AvgIpc) is 3.95. The molecule has 0 bridgehead atoms. The number of thiophene rings is 2.